The third-order valence-corrected chi connectivity index (χ3v) is 12.3. The number of nitrogens with zero attached hydrogens (tertiary/aromatic N) is 2. The molecule has 0 bridgehead atoms. The molecule has 0 fully saturated rings. The maximum atomic E-state index is 13.0. The van der Waals surface area contributed by atoms with Crippen LogP contribution < -0.4 is 19.2 Å². The van der Waals surface area contributed by atoms with E-state index in [1.165, 1.54) is 0 Å². The van der Waals surface area contributed by atoms with Crippen molar-refractivity contribution in [2.24, 2.45) is 0 Å². The Morgan fingerprint density at radius 1 is 0.523 bits per heavy atom. The number of sulfonamides is 2. The Balaban J connectivity index is 1.12. The van der Waals surface area contributed by atoms with Crippen molar-refractivity contribution in [3.05, 3.63) is 72.8 Å². The molecule has 4 aromatic rings. The number of rotatable bonds is 17. The minimum absolute atomic E-state index is 0.304. The highest BCUT2D eigenvalue weighted by Crippen LogP contribution is 2.31. The number of hydrogen-bond acceptors (Lipinski definition) is 8. The highest BCUT2D eigenvalue weighted by Gasteiger charge is 2.19. The fourth-order valence-electron chi connectivity index (χ4n) is 5.04. The number of unbranched alkanes of at least 4 members (excludes halogenated alkanes) is 1. The van der Waals surface area contributed by atoms with Crippen molar-refractivity contribution in [3.63, 3.8) is 0 Å². The molecule has 12 heteroatoms. The number of benzene rings is 4. The summed E-state index contributed by atoms with van der Waals surface area (Å²) in [5, 5.41) is 3.26. The van der Waals surface area contributed by atoms with E-state index in [9.17, 15) is 16.8 Å². The van der Waals surface area contributed by atoms with E-state index in [0.717, 1.165) is 57.3 Å². The van der Waals surface area contributed by atoms with E-state index in [2.05, 4.69) is 9.44 Å². The second-order valence-electron chi connectivity index (χ2n) is 10.8. The van der Waals surface area contributed by atoms with Gasteiger partial charge < -0.3 is 9.80 Å². The van der Waals surface area contributed by atoms with E-state index in [4.69, 9.17) is 0 Å². The quantitative estimate of drug-likeness (QED) is 0.139. The first-order chi connectivity index (χ1) is 21.0. The molecule has 44 heavy (non-hydrogen) atoms. The van der Waals surface area contributed by atoms with Crippen LogP contribution in [0.25, 0.3) is 21.5 Å². The van der Waals surface area contributed by atoms with Crippen LogP contribution in [0, 0.1) is 0 Å². The molecule has 0 saturated heterocycles. The first kappa shape index (κ1) is 34.4. The van der Waals surface area contributed by atoms with Gasteiger partial charge in [0, 0.05) is 85.7 Å². The molecule has 0 aliphatic carbocycles. The summed E-state index contributed by atoms with van der Waals surface area (Å²) in [6.07, 6.45) is 2.05. The van der Waals surface area contributed by atoms with Crippen LogP contribution in [0.2, 0.25) is 0 Å². The first-order valence-corrected chi connectivity index (χ1v) is 19.8. The predicted octanol–water partition coefficient (Wildman–Crippen LogP) is 5.63. The van der Waals surface area contributed by atoms with Gasteiger partial charge in [-0.15, -0.1) is 0 Å². The smallest absolute Gasteiger partial charge is 0.241 e. The monoisotopic (exact) mass is 674 g/mol. The van der Waals surface area contributed by atoms with E-state index < -0.39 is 20.0 Å². The summed E-state index contributed by atoms with van der Waals surface area (Å²) in [6, 6.07) is 22.2. The van der Waals surface area contributed by atoms with Gasteiger partial charge in [-0.1, -0.05) is 48.5 Å². The topological polar surface area (TPSA) is 98.8 Å². The average molecular weight is 675 g/mol. The molecule has 0 saturated carbocycles. The zero-order chi connectivity index (χ0) is 31.7. The largest absolute Gasteiger partial charge is 0.377 e. The molecule has 0 aromatic heterocycles. The fraction of sp³-hybridized carbons (Fsp3) is 0.375. The lowest BCUT2D eigenvalue weighted by molar-refractivity contribution is 0.583. The third kappa shape index (κ3) is 8.61. The van der Waals surface area contributed by atoms with Crippen LogP contribution in [0.3, 0.4) is 0 Å². The van der Waals surface area contributed by atoms with E-state index in [1.54, 1.807) is 47.8 Å². The number of anilines is 2. The summed E-state index contributed by atoms with van der Waals surface area (Å²) in [5.74, 6) is 3.30. The highest BCUT2D eigenvalue weighted by atomic mass is 32.2. The van der Waals surface area contributed by atoms with Crippen molar-refractivity contribution < 1.29 is 16.8 Å². The van der Waals surface area contributed by atoms with Gasteiger partial charge in [0.25, 0.3) is 0 Å². The van der Waals surface area contributed by atoms with Crippen LogP contribution in [-0.2, 0) is 20.0 Å². The van der Waals surface area contributed by atoms with Gasteiger partial charge in [-0.25, -0.2) is 26.3 Å². The number of hydrogen-bond donors (Lipinski definition) is 2. The SMILES string of the molecule is CN(C)c1cccc2c(S(=O)(=O)NCCSCCCCSCCNS(=O)(=O)c3cccc4c(N(C)C)cccc34)cccc12. The summed E-state index contributed by atoms with van der Waals surface area (Å²) >= 11 is 3.47. The predicted molar refractivity (Wildman–Crippen MR) is 191 cm³/mol. The first-order valence-electron chi connectivity index (χ1n) is 14.6. The highest BCUT2D eigenvalue weighted by molar-refractivity contribution is 7.99. The Kier molecular flexibility index (Phi) is 12.3. The molecular weight excluding hydrogens is 633 g/mol. The van der Waals surface area contributed by atoms with Crippen molar-refractivity contribution in [2.75, 3.05) is 74.1 Å². The van der Waals surface area contributed by atoms with E-state index in [0.29, 0.717) is 34.4 Å². The molecular formula is C32H42N4O4S4. The standard InChI is InChI=1S/C32H42N4O4S4/c1-35(2)29-15-7-13-27-25(29)11-9-17-31(27)43(37,38)33-19-23-41-21-5-6-22-42-24-20-34-44(39,40)32-18-10-12-26-28(32)14-8-16-30(26)36(3)4/h7-18,33-34H,5-6,19-24H2,1-4H3. The van der Waals surface area contributed by atoms with Crippen LogP contribution in [0.1, 0.15) is 12.8 Å². The van der Waals surface area contributed by atoms with Crippen molar-refractivity contribution in [3.8, 4) is 0 Å². The van der Waals surface area contributed by atoms with Crippen molar-refractivity contribution in [1.82, 2.24) is 9.44 Å². The lowest BCUT2D eigenvalue weighted by atomic mass is 10.1. The molecule has 238 valence electrons. The summed E-state index contributed by atoms with van der Waals surface area (Å²) in [6.45, 7) is 0.748. The zero-order valence-electron chi connectivity index (χ0n) is 25.7. The van der Waals surface area contributed by atoms with Crippen molar-refractivity contribution in [1.29, 1.82) is 0 Å². The molecule has 4 rings (SSSR count). The number of fused-ring (bicyclic) bond motifs is 2. The van der Waals surface area contributed by atoms with Crippen LogP contribution in [-0.4, -0.2) is 81.1 Å². The molecule has 4 aromatic carbocycles. The molecule has 0 radical (unpaired) electrons. The second-order valence-corrected chi connectivity index (χ2v) is 16.7. The number of nitrogens with one attached hydrogen (secondary N) is 2. The van der Waals surface area contributed by atoms with Gasteiger partial charge in [0.1, 0.15) is 0 Å². The van der Waals surface area contributed by atoms with Gasteiger partial charge in [-0.05, 0) is 48.6 Å². The Bertz CT molecular complexity index is 1650. The van der Waals surface area contributed by atoms with Crippen LogP contribution in [0.15, 0.2) is 82.6 Å². The molecule has 0 heterocycles. The van der Waals surface area contributed by atoms with E-state index >= 15 is 0 Å². The van der Waals surface area contributed by atoms with Gasteiger partial charge in [-0.2, -0.15) is 23.5 Å². The molecule has 0 aliphatic rings. The summed E-state index contributed by atoms with van der Waals surface area (Å²) in [4.78, 5) is 4.57. The van der Waals surface area contributed by atoms with Gasteiger partial charge >= 0.3 is 0 Å². The summed E-state index contributed by atoms with van der Waals surface area (Å²) < 4.78 is 57.7. The normalized spacial score (nSPS) is 12.2. The summed E-state index contributed by atoms with van der Waals surface area (Å²) in [5.41, 5.74) is 1.96. The Labute approximate surface area is 271 Å². The molecule has 0 unspecified atom stereocenters. The van der Waals surface area contributed by atoms with Crippen molar-refractivity contribution in [2.45, 2.75) is 22.6 Å². The minimum atomic E-state index is -3.62. The van der Waals surface area contributed by atoms with Gasteiger partial charge in [0.05, 0.1) is 9.79 Å². The maximum Gasteiger partial charge on any atom is 0.241 e. The van der Waals surface area contributed by atoms with Crippen LogP contribution >= 0.6 is 23.5 Å². The minimum Gasteiger partial charge on any atom is -0.377 e. The summed E-state index contributed by atoms with van der Waals surface area (Å²) in [7, 11) is 0.549. The Hall–Kier alpha value is -2.48. The lowest BCUT2D eigenvalue weighted by Gasteiger charge is -2.17. The maximum absolute atomic E-state index is 13.0. The van der Waals surface area contributed by atoms with E-state index in [-0.39, 0.29) is 0 Å². The molecule has 0 amide bonds. The zero-order valence-corrected chi connectivity index (χ0v) is 29.0. The molecule has 0 atom stereocenters. The molecule has 0 aliphatic heterocycles. The number of thioether (sulfide) groups is 2. The second kappa shape index (κ2) is 15.7. The fourth-order valence-corrected chi connectivity index (χ4v) is 9.52. The average Bonchev–Trinajstić information content (AvgIpc) is 3.00. The molecule has 0 spiro atoms. The lowest BCUT2D eigenvalue weighted by Crippen LogP contribution is -2.26. The van der Waals surface area contributed by atoms with Crippen LogP contribution in [0.5, 0.6) is 0 Å². The third-order valence-electron chi connectivity index (χ3n) is 7.17. The molecule has 8 nitrogen and oxygen atoms in total. The van der Waals surface area contributed by atoms with Crippen molar-refractivity contribution >= 4 is 76.5 Å². The van der Waals surface area contributed by atoms with Gasteiger partial charge in [-0.3, -0.25) is 0 Å². The molecule has 2 N–H and O–H groups in total. The Morgan fingerprint density at radius 2 is 0.886 bits per heavy atom. The van der Waals surface area contributed by atoms with Gasteiger partial charge in [0.15, 0.2) is 0 Å². The van der Waals surface area contributed by atoms with E-state index in [1.807, 2.05) is 86.5 Å². The van der Waals surface area contributed by atoms with Gasteiger partial charge in [0.2, 0.25) is 20.0 Å². The van der Waals surface area contributed by atoms with Crippen LogP contribution in [0.4, 0.5) is 11.4 Å². The Morgan fingerprint density at radius 3 is 1.27 bits per heavy atom.